The van der Waals surface area contributed by atoms with Gasteiger partial charge in [-0.25, -0.2) is 0 Å². The van der Waals surface area contributed by atoms with Crippen LogP contribution in [-0.4, -0.2) is 27.9 Å². The second kappa shape index (κ2) is 27.9. The lowest BCUT2D eigenvalue weighted by Crippen LogP contribution is -2.28. The van der Waals surface area contributed by atoms with Gasteiger partial charge in [0, 0.05) is 91.7 Å². The summed E-state index contributed by atoms with van der Waals surface area (Å²) in [4.78, 5) is 6.02. The Hall–Kier alpha value is -9.96. The molecule has 0 aliphatic rings. The zero-order valence-electron chi connectivity index (χ0n) is 49.6. The quantitative estimate of drug-likeness (QED) is 0.0565. The standard InChI is InChI=1S/C37H25F3N2O3S2.C25H15BrF3NO3S2.C13H12/c38-37(39,40)47(43,44)45-31-24-33-32-23-30(41(26-13-5-1-6-14-26)27-15-7-2-8-16-27)21-22-35(32)46-36(33)34(25-31)42(28-17-9-3-10-18-28)29-19-11-4-12-20-29;26-22-15-19(33-35(31,32)25(27,28)29)14-21-20-13-18(11-12-23(20)34-24(21)22)30(16-7-3-1-4-8-16)17-9-5-2-6-10-17;1-3-7-12(8-4-1)11-13-9-5-2-6-10-13/h1-25H;1-15H;1-10H,11H2. The van der Waals surface area contributed by atoms with E-state index < -0.39 is 42.8 Å². The smallest absolute Gasteiger partial charge is 0.376 e. The van der Waals surface area contributed by atoms with Crippen molar-refractivity contribution in [3.63, 3.8) is 0 Å². The van der Waals surface area contributed by atoms with Crippen LogP contribution in [0.25, 0.3) is 40.3 Å². The molecule has 0 aliphatic carbocycles. The molecule has 9 nitrogen and oxygen atoms in total. The van der Waals surface area contributed by atoms with Crippen molar-refractivity contribution in [3.05, 3.63) is 319 Å². The molecule has 0 fully saturated rings. The van der Waals surface area contributed by atoms with E-state index in [1.807, 2.05) is 223 Å². The first kappa shape index (κ1) is 65.1. The highest BCUT2D eigenvalue weighted by Crippen LogP contribution is 2.50. The molecular formula is C75H52BrF6N3O6S4. The molecule has 476 valence electrons. The van der Waals surface area contributed by atoms with Crippen molar-refractivity contribution in [3.8, 4) is 11.5 Å². The molecule has 20 heteroatoms. The van der Waals surface area contributed by atoms with Crippen LogP contribution in [0.1, 0.15) is 11.1 Å². The largest absolute Gasteiger partial charge is 0.534 e. The number of para-hydroxylation sites is 6. The highest BCUT2D eigenvalue weighted by atomic mass is 79.9. The molecule has 0 atom stereocenters. The van der Waals surface area contributed by atoms with E-state index in [9.17, 15) is 43.2 Å². The number of hydrogen-bond donors (Lipinski definition) is 0. The van der Waals surface area contributed by atoms with Gasteiger partial charge in [-0.1, -0.05) is 170 Å². The molecule has 0 bridgehead atoms. The van der Waals surface area contributed by atoms with Crippen molar-refractivity contribution in [1.82, 2.24) is 0 Å². The van der Waals surface area contributed by atoms with Gasteiger partial charge >= 0.3 is 31.3 Å². The first-order valence-corrected chi connectivity index (χ1v) is 34.5. The Balaban J connectivity index is 0.000000157. The number of benzene rings is 12. The van der Waals surface area contributed by atoms with Crippen LogP contribution >= 0.6 is 38.6 Å². The summed E-state index contributed by atoms with van der Waals surface area (Å²) >= 11 is 6.25. The summed E-state index contributed by atoms with van der Waals surface area (Å²) in [6.07, 6.45) is 1.03. The third-order valence-electron chi connectivity index (χ3n) is 14.9. The van der Waals surface area contributed by atoms with E-state index in [4.69, 9.17) is 4.18 Å². The fourth-order valence-corrected chi connectivity index (χ4v) is 14.5. The number of rotatable bonds is 15. The van der Waals surface area contributed by atoms with E-state index in [1.165, 1.54) is 58.1 Å². The van der Waals surface area contributed by atoms with Crippen LogP contribution in [0.3, 0.4) is 0 Å². The molecule has 0 spiro atoms. The fourth-order valence-electron chi connectivity index (χ4n) is 10.7. The minimum absolute atomic E-state index is 0.422. The fraction of sp³-hybridized carbons (Fsp3) is 0.0400. The number of halogens is 7. The molecule has 0 aliphatic heterocycles. The Morgan fingerprint density at radius 1 is 0.326 bits per heavy atom. The van der Waals surface area contributed by atoms with E-state index in [1.54, 1.807) is 0 Å². The summed E-state index contributed by atoms with van der Waals surface area (Å²) in [5.74, 6) is -0.871. The van der Waals surface area contributed by atoms with Gasteiger partial charge in [0.05, 0.1) is 10.4 Å². The summed E-state index contributed by atoms with van der Waals surface area (Å²) in [5.41, 5.74) is -1.12. The first-order valence-electron chi connectivity index (χ1n) is 29.2. The predicted molar refractivity (Wildman–Crippen MR) is 377 cm³/mol. The van der Waals surface area contributed by atoms with Gasteiger partial charge in [0.2, 0.25) is 0 Å². The number of thiophene rings is 2. The van der Waals surface area contributed by atoms with Crippen molar-refractivity contribution in [2.24, 2.45) is 0 Å². The second-order valence-electron chi connectivity index (χ2n) is 21.3. The molecular weight excluding hydrogens is 1360 g/mol. The van der Waals surface area contributed by atoms with Gasteiger partial charge in [0.15, 0.2) is 0 Å². The summed E-state index contributed by atoms with van der Waals surface area (Å²) in [6.45, 7) is 0. The molecule has 0 N–H and O–H groups in total. The third kappa shape index (κ3) is 14.7. The number of fused-ring (bicyclic) bond motifs is 6. The Morgan fingerprint density at radius 3 is 0.958 bits per heavy atom. The molecule has 14 rings (SSSR count). The number of alkyl halides is 6. The minimum Gasteiger partial charge on any atom is -0.376 e. The Morgan fingerprint density at radius 2 is 0.621 bits per heavy atom. The summed E-state index contributed by atoms with van der Waals surface area (Å²) < 4.78 is 140. The van der Waals surface area contributed by atoms with Crippen molar-refractivity contribution in [2.45, 2.75) is 17.4 Å². The van der Waals surface area contributed by atoms with Gasteiger partial charge in [-0.15, -0.1) is 22.7 Å². The van der Waals surface area contributed by atoms with Crippen molar-refractivity contribution < 1.29 is 51.5 Å². The molecule has 0 saturated heterocycles. The summed E-state index contributed by atoms with van der Waals surface area (Å²) in [6, 6.07) is 95.9. The minimum atomic E-state index is -5.94. The third-order valence-corrected chi connectivity index (χ3v) is 20.2. The maximum Gasteiger partial charge on any atom is 0.534 e. The lowest BCUT2D eigenvalue weighted by molar-refractivity contribution is -0.0504. The average Bonchev–Trinajstić information content (AvgIpc) is 1.64. The Kier molecular flexibility index (Phi) is 19.1. The highest BCUT2D eigenvalue weighted by molar-refractivity contribution is 9.10. The van der Waals surface area contributed by atoms with E-state index >= 15 is 0 Å². The normalized spacial score (nSPS) is 11.7. The predicted octanol–water partition coefficient (Wildman–Crippen LogP) is 23.0. The van der Waals surface area contributed by atoms with E-state index in [-0.39, 0.29) is 0 Å². The second-order valence-corrected chi connectivity index (χ2v) is 27.3. The van der Waals surface area contributed by atoms with E-state index in [2.05, 4.69) is 90.6 Å². The Bertz CT molecular complexity index is 5030. The van der Waals surface area contributed by atoms with Crippen LogP contribution < -0.4 is 23.1 Å². The molecule has 0 radical (unpaired) electrons. The van der Waals surface area contributed by atoms with Gasteiger partial charge in [-0.05, 0) is 161 Å². The maximum absolute atomic E-state index is 13.6. The number of nitrogens with zero attached hydrogens (tertiary/aromatic N) is 3. The van der Waals surface area contributed by atoms with Gasteiger partial charge < -0.3 is 23.1 Å². The molecule has 0 amide bonds. The van der Waals surface area contributed by atoms with Crippen LogP contribution in [0.4, 0.5) is 77.5 Å². The van der Waals surface area contributed by atoms with Gasteiger partial charge in [-0.2, -0.15) is 43.2 Å². The maximum atomic E-state index is 13.6. The van der Waals surface area contributed by atoms with Gasteiger partial charge in [-0.3, -0.25) is 0 Å². The zero-order valence-corrected chi connectivity index (χ0v) is 54.5. The zero-order chi connectivity index (χ0) is 66.3. The molecule has 2 aromatic heterocycles. The van der Waals surface area contributed by atoms with Crippen LogP contribution in [0.15, 0.2) is 308 Å². The molecule has 95 heavy (non-hydrogen) atoms. The number of anilines is 9. The summed E-state index contributed by atoms with van der Waals surface area (Å²) in [7, 11) is -11.7. The lowest BCUT2D eigenvalue weighted by atomic mass is 10.1. The molecule has 12 aromatic carbocycles. The average molecular weight is 1410 g/mol. The SMILES string of the molecule is O=S(=O)(Oc1cc(Br)c2sc3ccc(N(c4ccccc4)c4ccccc4)cc3c2c1)C(F)(F)F.O=S(=O)(Oc1cc(N(c2ccccc2)c2ccccc2)c2sc3ccc(N(c4ccccc4)c4ccccc4)cc3c2c1)C(F)(F)F.c1ccc(Cc2ccccc2)cc1. The molecule has 2 heterocycles. The van der Waals surface area contributed by atoms with Crippen LogP contribution in [-0.2, 0) is 26.7 Å². The van der Waals surface area contributed by atoms with Crippen LogP contribution in [0.5, 0.6) is 11.5 Å². The van der Waals surface area contributed by atoms with Crippen molar-refractivity contribution in [2.75, 3.05) is 14.7 Å². The first-order chi connectivity index (χ1) is 45.8. The van der Waals surface area contributed by atoms with Gasteiger partial charge in [0.1, 0.15) is 11.5 Å². The van der Waals surface area contributed by atoms with Crippen molar-refractivity contribution >= 4 is 150 Å². The monoisotopic (exact) mass is 1410 g/mol. The Labute approximate surface area is 560 Å². The molecule has 14 aromatic rings. The van der Waals surface area contributed by atoms with Crippen molar-refractivity contribution in [1.29, 1.82) is 0 Å². The lowest BCUT2D eigenvalue weighted by Gasteiger charge is -2.26. The molecule has 0 saturated carbocycles. The molecule has 0 unspecified atom stereocenters. The number of hydrogen-bond acceptors (Lipinski definition) is 11. The highest BCUT2D eigenvalue weighted by Gasteiger charge is 2.49. The van der Waals surface area contributed by atoms with E-state index in [0.717, 1.165) is 81.5 Å². The van der Waals surface area contributed by atoms with Gasteiger partial charge in [0.25, 0.3) is 0 Å². The summed E-state index contributed by atoms with van der Waals surface area (Å²) in [5, 5.41) is 2.62. The topological polar surface area (TPSA) is 96.5 Å². The van der Waals surface area contributed by atoms with Crippen LogP contribution in [0.2, 0.25) is 0 Å². The van der Waals surface area contributed by atoms with E-state index in [0.29, 0.717) is 20.9 Å². The van der Waals surface area contributed by atoms with Crippen LogP contribution in [0, 0.1) is 0 Å².